The molecule has 0 saturated heterocycles. The van der Waals surface area contributed by atoms with Crippen molar-refractivity contribution in [2.45, 2.75) is 33.3 Å². The lowest BCUT2D eigenvalue weighted by Gasteiger charge is -2.21. The largest absolute Gasteiger partial charge is 0.530 e. The molecule has 4 nitrogen and oxygen atoms in total. The van der Waals surface area contributed by atoms with E-state index in [4.69, 9.17) is 25.2 Å². The minimum atomic E-state index is -3.66. The predicted octanol–water partition coefficient (Wildman–Crippen LogP) is 5.44. The van der Waals surface area contributed by atoms with Gasteiger partial charge in [-0.2, -0.15) is 0 Å². The van der Waals surface area contributed by atoms with Gasteiger partial charge >= 0.3 is 7.82 Å². The Kier molecular flexibility index (Phi) is 6.84. The van der Waals surface area contributed by atoms with Crippen molar-refractivity contribution in [1.82, 2.24) is 0 Å². The molecule has 0 heterocycles. The maximum absolute atomic E-state index is 12.5. The van der Waals surface area contributed by atoms with Crippen LogP contribution in [0.2, 0.25) is 5.02 Å². The summed E-state index contributed by atoms with van der Waals surface area (Å²) in [6.45, 7) is 5.67. The molecular formula is C12H17BrClO4P. The summed E-state index contributed by atoms with van der Waals surface area (Å²) < 4.78 is 29.1. The highest BCUT2D eigenvalue weighted by molar-refractivity contribution is 9.10. The number of halogens is 2. The van der Waals surface area contributed by atoms with Crippen molar-refractivity contribution >= 4 is 35.4 Å². The minimum absolute atomic E-state index is 0.224. The van der Waals surface area contributed by atoms with Crippen LogP contribution in [0, 0.1) is 0 Å². The lowest BCUT2D eigenvalue weighted by atomic mass is 10.3. The zero-order valence-electron chi connectivity index (χ0n) is 11.1. The fourth-order valence-electron chi connectivity index (χ4n) is 1.20. The lowest BCUT2D eigenvalue weighted by Crippen LogP contribution is -2.10. The number of hydrogen-bond donors (Lipinski definition) is 0. The highest BCUT2D eigenvalue weighted by atomic mass is 79.9. The molecular weight excluding hydrogens is 354 g/mol. The van der Waals surface area contributed by atoms with E-state index >= 15 is 0 Å². The van der Waals surface area contributed by atoms with Gasteiger partial charge in [0.25, 0.3) is 0 Å². The van der Waals surface area contributed by atoms with Crippen molar-refractivity contribution in [3.05, 3.63) is 27.7 Å². The molecule has 1 rings (SSSR count). The number of benzene rings is 1. The van der Waals surface area contributed by atoms with E-state index in [1.165, 1.54) is 0 Å². The van der Waals surface area contributed by atoms with Gasteiger partial charge in [0.2, 0.25) is 0 Å². The Bertz CT molecular complexity index is 469. The van der Waals surface area contributed by atoms with Crippen molar-refractivity contribution in [2.75, 3.05) is 6.61 Å². The van der Waals surface area contributed by atoms with E-state index in [2.05, 4.69) is 15.9 Å². The number of rotatable bonds is 7. The van der Waals surface area contributed by atoms with Crippen LogP contribution in [0.15, 0.2) is 22.7 Å². The molecule has 108 valence electrons. The highest BCUT2D eigenvalue weighted by Crippen LogP contribution is 2.52. The second kappa shape index (κ2) is 7.65. The molecule has 0 aromatic heterocycles. The Morgan fingerprint density at radius 2 is 2.11 bits per heavy atom. The summed E-state index contributed by atoms with van der Waals surface area (Å²) in [7, 11) is -3.66. The molecule has 2 unspecified atom stereocenters. The summed E-state index contributed by atoms with van der Waals surface area (Å²) >= 11 is 9.31. The molecule has 0 fully saturated rings. The van der Waals surface area contributed by atoms with Crippen LogP contribution in [0.25, 0.3) is 0 Å². The van der Waals surface area contributed by atoms with Gasteiger partial charge in [0.05, 0.1) is 17.7 Å². The first kappa shape index (κ1) is 17.0. The van der Waals surface area contributed by atoms with Gasteiger partial charge in [-0.05, 0) is 38.5 Å². The number of phosphoric acid groups is 1. The van der Waals surface area contributed by atoms with E-state index in [9.17, 15) is 4.57 Å². The van der Waals surface area contributed by atoms with Crippen LogP contribution in [0.1, 0.15) is 27.2 Å². The highest BCUT2D eigenvalue weighted by Gasteiger charge is 2.31. The minimum Gasteiger partial charge on any atom is -0.402 e. The first-order valence-electron chi connectivity index (χ1n) is 5.97. The fourth-order valence-corrected chi connectivity index (χ4v) is 3.43. The third-order valence-electron chi connectivity index (χ3n) is 2.28. The van der Waals surface area contributed by atoms with Gasteiger partial charge in [0, 0.05) is 4.47 Å². The summed E-state index contributed by atoms with van der Waals surface area (Å²) in [4.78, 5) is 0. The number of hydrogen-bond acceptors (Lipinski definition) is 4. The molecule has 0 spiro atoms. The van der Waals surface area contributed by atoms with Gasteiger partial charge in [-0.25, -0.2) is 4.57 Å². The van der Waals surface area contributed by atoms with E-state index in [-0.39, 0.29) is 18.5 Å². The van der Waals surface area contributed by atoms with E-state index in [1.54, 1.807) is 32.0 Å². The standard InChI is InChI=1S/C12H17BrClO4P/c1-4-9(3)17-19(15,16-5-2)18-12-7-6-10(13)8-11(12)14/h6-9H,4-5H2,1-3H3. The van der Waals surface area contributed by atoms with Crippen LogP contribution >= 0.6 is 35.4 Å². The Balaban J connectivity index is 2.91. The van der Waals surface area contributed by atoms with E-state index < -0.39 is 7.82 Å². The Morgan fingerprint density at radius 3 is 2.63 bits per heavy atom. The number of phosphoric ester groups is 1. The molecule has 7 heteroatoms. The van der Waals surface area contributed by atoms with E-state index in [0.29, 0.717) is 11.4 Å². The molecule has 19 heavy (non-hydrogen) atoms. The Morgan fingerprint density at radius 1 is 1.42 bits per heavy atom. The summed E-state index contributed by atoms with van der Waals surface area (Å²) in [6, 6.07) is 5.00. The Hall–Kier alpha value is -0.0600. The third kappa shape index (κ3) is 5.44. The van der Waals surface area contributed by atoms with E-state index in [1.807, 2.05) is 6.92 Å². The zero-order chi connectivity index (χ0) is 14.5. The van der Waals surface area contributed by atoms with Crippen molar-refractivity contribution in [2.24, 2.45) is 0 Å². The molecule has 0 aliphatic rings. The van der Waals surface area contributed by atoms with Crippen LogP contribution in [-0.4, -0.2) is 12.7 Å². The molecule has 1 aromatic carbocycles. The van der Waals surface area contributed by atoms with Crippen molar-refractivity contribution in [3.8, 4) is 5.75 Å². The van der Waals surface area contributed by atoms with Crippen LogP contribution in [0.4, 0.5) is 0 Å². The zero-order valence-corrected chi connectivity index (χ0v) is 14.3. The molecule has 0 saturated carbocycles. The quantitative estimate of drug-likeness (QED) is 0.599. The summed E-state index contributed by atoms with van der Waals surface area (Å²) in [5.74, 6) is 0.268. The molecule has 0 aliphatic heterocycles. The maximum Gasteiger partial charge on any atom is 0.530 e. The maximum atomic E-state index is 12.5. The molecule has 2 atom stereocenters. The van der Waals surface area contributed by atoms with Crippen molar-refractivity contribution in [3.63, 3.8) is 0 Å². The average Bonchev–Trinajstić information content (AvgIpc) is 2.33. The first-order chi connectivity index (χ1) is 8.90. The van der Waals surface area contributed by atoms with Crippen molar-refractivity contribution in [1.29, 1.82) is 0 Å². The van der Waals surface area contributed by atoms with Gasteiger partial charge in [0.1, 0.15) is 5.75 Å². The van der Waals surface area contributed by atoms with E-state index in [0.717, 1.165) is 4.47 Å². The predicted molar refractivity (Wildman–Crippen MR) is 79.9 cm³/mol. The topological polar surface area (TPSA) is 44.8 Å². The van der Waals surface area contributed by atoms with Gasteiger partial charge < -0.3 is 4.52 Å². The van der Waals surface area contributed by atoms with Gasteiger partial charge in [-0.3, -0.25) is 9.05 Å². The fraction of sp³-hybridized carbons (Fsp3) is 0.500. The summed E-state index contributed by atoms with van der Waals surface area (Å²) in [6.07, 6.45) is 0.473. The lowest BCUT2D eigenvalue weighted by molar-refractivity contribution is 0.119. The molecule has 0 amide bonds. The smallest absolute Gasteiger partial charge is 0.402 e. The second-order valence-electron chi connectivity index (χ2n) is 3.86. The van der Waals surface area contributed by atoms with Crippen LogP contribution in [0.3, 0.4) is 0 Å². The Labute approximate surface area is 127 Å². The normalized spacial score (nSPS) is 15.8. The molecule has 0 radical (unpaired) electrons. The molecule has 1 aromatic rings. The SMILES string of the molecule is CCOP(=O)(Oc1ccc(Br)cc1Cl)OC(C)CC. The van der Waals surface area contributed by atoms with Crippen LogP contribution in [-0.2, 0) is 13.6 Å². The molecule has 0 aliphatic carbocycles. The van der Waals surface area contributed by atoms with Crippen LogP contribution < -0.4 is 4.52 Å². The average molecular weight is 372 g/mol. The van der Waals surface area contributed by atoms with Gasteiger partial charge in [-0.15, -0.1) is 0 Å². The second-order valence-corrected chi connectivity index (χ2v) is 6.72. The summed E-state index contributed by atoms with van der Waals surface area (Å²) in [5, 5.41) is 0.335. The van der Waals surface area contributed by atoms with Gasteiger partial charge in [-0.1, -0.05) is 34.5 Å². The molecule has 0 N–H and O–H groups in total. The molecule has 0 bridgehead atoms. The third-order valence-corrected chi connectivity index (χ3v) is 4.68. The van der Waals surface area contributed by atoms with Gasteiger partial charge in [0.15, 0.2) is 0 Å². The van der Waals surface area contributed by atoms with Crippen molar-refractivity contribution < 1.29 is 18.1 Å². The van der Waals surface area contributed by atoms with Crippen LogP contribution in [0.5, 0.6) is 5.75 Å². The first-order valence-corrected chi connectivity index (χ1v) is 8.61. The monoisotopic (exact) mass is 370 g/mol. The summed E-state index contributed by atoms with van der Waals surface area (Å²) in [5.41, 5.74) is 0.